The zero-order chi connectivity index (χ0) is 14.2. The van der Waals surface area contributed by atoms with Gasteiger partial charge in [-0.25, -0.2) is 0 Å². The first-order chi connectivity index (χ1) is 9.78. The minimum atomic E-state index is -0.0792. The van der Waals surface area contributed by atoms with E-state index in [1.807, 2.05) is 12.1 Å². The number of thiophene rings is 1. The van der Waals surface area contributed by atoms with Crippen LogP contribution in [0.25, 0.3) is 0 Å². The van der Waals surface area contributed by atoms with Crippen molar-refractivity contribution in [2.24, 2.45) is 0 Å². The van der Waals surface area contributed by atoms with E-state index in [0.29, 0.717) is 0 Å². The van der Waals surface area contributed by atoms with Crippen molar-refractivity contribution >= 4 is 11.3 Å². The van der Waals surface area contributed by atoms with Gasteiger partial charge in [-0.1, -0.05) is 42.2 Å². The van der Waals surface area contributed by atoms with Crippen LogP contribution in [0.4, 0.5) is 0 Å². The van der Waals surface area contributed by atoms with E-state index in [4.69, 9.17) is 5.11 Å². The van der Waals surface area contributed by atoms with E-state index < -0.39 is 0 Å². The topological polar surface area (TPSA) is 23.5 Å². The van der Waals surface area contributed by atoms with E-state index in [1.54, 1.807) is 11.3 Å². The summed E-state index contributed by atoms with van der Waals surface area (Å²) in [5.41, 5.74) is 1.38. The first-order valence-electron chi connectivity index (χ1n) is 6.69. The van der Waals surface area contributed by atoms with Crippen molar-refractivity contribution in [1.29, 1.82) is 0 Å². The number of likely N-dealkylation sites (N-methyl/N-ethyl adjacent to an activating group) is 1. The molecule has 0 bridgehead atoms. The minimum Gasteiger partial charge on any atom is -0.384 e. The van der Waals surface area contributed by atoms with E-state index in [1.165, 1.54) is 10.4 Å². The van der Waals surface area contributed by atoms with Crippen LogP contribution in [0.3, 0.4) is 0 Å². The summed E-state index contributed by atoms with van der Waals surface area (Å²) in [6.45, 7) is 1.90. The van der Waals surface area contributed by atoms with Crippen LogP contribution < -0.4 is 0 Å². The first-order valence-corrected chi connectivity index (χ1v) is 7.50. The number of nitrogens with zero attached hydrogens (tertiary/aromatic N) is 1. The maximum Gasteiger partial charge on any atom is 0.104 e. The van der Waals surface area contributed by atoms with Gasteiger partial charge in [0, 0.05) is 18.0 Å². The monoisotopic (exact) mass is 285 g/mol. The molecule has 0 aliphatic rings. The van der Waals surface area contributed by atoms with Crippen molar-refractivity contribution in [1.82, 2.24) is 4.90 Å². The lowest BCUT2D eigenvalue weighted by Crippen LogP contribution is -2.20. The molecule has 0 aliphatic carbocycles. The molecule has 0 amide bonds. The Balaban J connectivity index is 1.82. The average Bonchev–Trinajstić information content (AvgIpc) is 2.91. The molecule has 1 aromatic carbocycles. The van der Waals surface area contributed by atoms with Crippen molar-refractivity contribution in [2.45, 2.75) is 13.0 Å². The maximum atomic E-state index is 8.68. The SMILES string of the molecule is CN(CCc1ccccc1)Cc1ccc(C#CCO)s1. The normalized spacial score (nSPS) is 10.3. The molecule has 0 saturated heterocycles. The standard InChI is InChI=1S/C17H19NOS/c1-18(12-11-15-6-3-2-4-7-15)14-17-10-9-16(20-17)8-5-13-19/h2-4,6-7,9-10,19H,11-14H2,1H3. The fourth-order valence-corrected chi connectivity index (χ4v) is 2.93. The van der Waals surface area contributed by atoms with Gasteiger partial charge in [0.1, 0.15) is 6.61 Å². The molecule has 1 heterocycles. The second-order valence-corrected chi connectivity index (χ2v) is 5.87. The van der Waals surface area contributed by atoms with Crippen LogP contribution in [0.5, 0.6) is 0 Å². The zero-order valence-corrected chi connectivity index (χ0v) is 12.5. The molecule has 0 spiro atoms. The highest BCUT2D eigenvalue weighted by Crippen LogP contribution is 2.17. The second kappa shape index (κ2) is 7.86. The van der Waals surface area contributed by atoms with Crippen molar-refractivity contribution < 1.29 is 5.11 Å². The van der Waals surface area contributed by atoms with Crippen LogP contribution in [0.2, 0.25) is 0 Å². The molecule has 3 heteroatoms. The fraction of sp³-hybridized carbons (Fsp3) is 0.294. The van der Waals surface area contributed by atoms with E-state index in [2.05, 4.69) is 54.1 Å². The highest BCUT2D eigenvalue weighted by atomic mass is 32.1. The Bertz CT molecular complexity index is 580. The summed E-state index contributed by atoms with van der Waals surface area (Å²) in [4.78, 5) is 4.65. The van der Waals surface area contributed by atoms with Crippen LogP contribution in [-0.2, 0) is 13.0 Å². The lowest BCUT2D eigenvalue weighted by atomic mass is 10.1. The Morgan fingerprint density at radius 1 is 1.15 bits per heavy atom. The van der Waals surface area contributed by atoms with E-state index in [9.17, 15) is 0 Å². The van der Waals surface area contributed by atoms with E-state index in [0.717, 1.165) is 24.4 Å². The van der Waals surface area contributed by atoms with Gasteiger partial charge in [0.2, 0.25) is 0 Å². The molecule has 0 radical (unpaired) electrons. The fourth-order valence-electron chi connectivity index (χ4n) is 1.97. The summed E-state index contributed by atoms with van der Waals surface area (Å²) in [5.74, 6) is 5.63. The van der Waals surface area contributed by atoms with Crippen LogP contribution in [0.1, 0.15) is 15.3 Å². The average molecular weight is 285 g/mol. The van der Waals surface area contributed by atoms with Crippen molar-refractivity contribution in [3.05, 3.63) is 57.8 Å². The van der Waals surface area contributed by atoms with Gasteiger partial charge >= 0.3 is 0 Å². The Hall–Kier alpha value is -1.60. The van der Waals surface area contributed by atoms with Crippen molar-refractivity contribution in [3.63, 3.8) is 0 Å². The Morgan fingerprint density at radius 2 is 1.95 bits per heavy atom. The molecule has 0 unspecified atom stereocenters. The first kappa shape index (κ1) is 14.8. The highest BCUT2D eigenvalue weighted by Gasteiger charge is 2.03. The van der Waals surface area contributed by atoms with E-state index >= 15 is 0 Å². The summed E-state index contributed by atoms with van der Waals surface area (Å²) < 4.78 is 0. The van der Waals surface area contributed by atoms with Gasteiger partial charge in [-0.3, -0.25) is 0 Å². The molecule has 2 rings (SSSR count). The molecule has 0 saturated carbocycles. The van der Waals surface area contributed by atoms with Gasteiger partial charge in [-0.05, 0) is 31.2 Å². The van der Waals surface area contributed by atoms with Gasteiger partial charge in [0.25, 0.3) is 0 Å². The molecule has 2 nitrogen and oxygen atoms in total. The predicted molar refractivity (Wildman–Crippen MR) is 84.8 cm³/mol. The van der Waals surface area contributed by atoms with Crippen LogP contribution >= 0.6 is 11.3 Å². The molecule has 20 heavy (non-hydrogen) atoms. The molecular formula is C17H19NOS. The quantitative estimate of drug-likeness (QED) is 0.854. The van der Waals surface area contributed by atoms with Crippen molar-refractivity contribution in [2.75, 3.05) is 20.2 Å². The summed E-state index contributed by atoms with van der Waals surface area (Å²) in [5, 5.41) is 8.68. The third-order valence-electron chi connectivity index (χ3n) is 3.00. The Morgan fingerprint density at radius 3 is 2.70 bits per heavy atom. The minimum absolute atomic E-state index is 0.0792. The lowest BCUT2D eigenvalue weighted by molar-refractivity contribution is 0.334. The highest BCUT2D eigenvalue weighted by molar-refractivity contribution is 7.12. The molecule has 1 N–H and O–H groups in total. The number of aliphatic hydroxyl groups excluding tert-OH is 1. The Labute approximate surface area is 124 Å². The van der Waals surface area contributed by atoms with Crippen LogP contribution in [-0.4, -0.2) is 30.2 Å². The molecule has 0 fully saturated rings. The largest absolute Gasteiger partial charge is 0.384 e. The third kappa shape index (κ3) is 4.82. The summed E-state index contributed by atoms with van der Waals surface area (Å²) in [6, 6.07) is 14.7. The second-order valence-electron chi connectivity index (χ2n) is 4.70. The molecule has 0 atom stereocenters. The molecule has 2 aromatic rings. The summed E-state index contributed by atoms with van der Waals surface area (Å²) in [7, 11) is 2.14. The van der Waals surface area contributed by atoms with Crippen molar-refractivity contribution in [3.8, 4) is 11.8 Å². The number of benzene rings is 1. The maximum absolute atomic E-state index is 8.68. The third-order valence-corrected chi connectivity index (χ3v) is 3.99. The van der Waals surface area contributed by atoms with Crippen LogP contribution in [0.15, 0.2) is 42.5 Å². The zero-order valence-electron chi connectivity index (χ0n) is 11.7. The lowest BCUT2D eigenvalue weighted by Gasteiger charge is -2.15. The van der Waals surface area contributed by atoms with E-state index in [-0.39, 0.29) is 6.61 Å². The number of aliphatic hydroxyl groups is 1. The van der Waals surface area contributed by atoms with Gasteiger partial charge in [0.05, 0.1) is 4.88 Å². The number of hydrogen-bond donors (Lipinski definition) is 1. The molecule has 1 aromatic heterocycles. The predicted octanol–water partition coefficient (Wildman–Crippen LogP) is 2.77. The molecular weight excluding hydrogens is 266 g/mol. The summed E-state index contributed by atoms with van der Waals surface area (Å²) >= 11 is 1.70. The number of rotatable bonds is 5. The van der Waals surface area contributed by atoms with Gasteiger partial charge in [-0.15, -0.1) is 11.3 Å². The van der Waals surface area contributed by atoms with Gasteiger partial charge in [0.15, 0.2) is 0 Å². The Kier molecular flexibility index (Phi) is 5.82. The molecule has 0 aliphatic heterocycles. The van der Waals surface area contributed by atoms with Gasteiger partial charge < -0.3 is 10.0 Å². The number of hydrogen-bond acceptors (Lipinski definition) is 3. The van der Waals surface area contributed by atoms with Gasteiger partial charge in [-0.2, -0.15) is 0 Å². The summed E-state index contributed by atoms with van der Waals surface area (Å²) in [6.07, 6.45) is 1.07. The van der Waals surface area contributed by atoms with Crippen LogP contribution in [0, 0.1) is 11.8 Å². The smallest absolute Gasteiger partial charge is 0.104 e. The molecule has 104 valence electrons.